The number of aromatic nitrogens is 2. The second-order valence-corrected chi connectivity index (χ2v) is 11.8. The van der Waals surface area contributed by atoms with E-state index in [2.05, 4.69) is 33.2 Å². The SMILES string of the molecule is C[C@@H]1Cc2c(sc(NC(=O)CCN[C@H]3C[C@H]4CNC[C@H]4C3)c2-c2nc3cnccc3s2)CN1. The third-order valence-electron chi connectivity index (χ3n) is 7.31. The minimum absolute atomic E-state index is 0.0750. The van der Waals surface area contributed by atoms with Crippen LogP contribution < -0.4 is 21.3 Å². The van der Waals surface area contributed by atoms with Gasteiger partial charge in [0.25, 0.3) is 0 Å². The van der Waals surface area contributed by atoms with E-state index in [0.717, 1.165) is 70.2 Å². The average Bonchev–Trinajstić information content (AvgIpc) is 3.54. The number of hydrogen-bond donors (Lipinski definition) is 4. The number of carbonyl (C=O) groups excluding carboxylic acids is 1. The Morgan fingerprint density at radius 2 is 2.09 bits per heavy atom. The number of nitrogens with zero attached hydrogens (tertiary/aromatic N) is 2. The monoisotopic (exact) mass is 482 g/mol. The number of amides is 1. The first kappa shape index (κ1) is 21.6. The van der Waals surface area contributed by atoms with Gasteiger partial charge in [-0.2, -0.15) is 0 Å². The molecule has 174 valence electrons. The van der Waals surface area contributed by atoms with Crippen LogP contribution in [0.2, 0.25) is 0 Å². The third kappa shape index (κ3) is 4.33. The van der Waals surface area contributed by atoms with Gasteiger partial charge in [-0.3, -0.25) is 9.78 Å². The highest BCUT2D eigenvalue weighted by atomic mass is 32.1. The van der Waals surface area contributed by atoms with E-state index in [-0.39, 0.29) is 5.91 Å². The van der Waals surface area contributed by atoms with Crippen LogP contribution in [0.25, 0.3) is 20.8 Å². The van der Waals surface area contributed by atoms with Gasteiger partial charge in [-0.15, -0.1) is 22.7 Å². The summed E-state index contributed by atoms with van der Waals surface area (Å²) in [6, 6.07) is 2.98. The molecule has 2 fully saturated rings. The van der Waals surface area contributed by atoms with Crippen molar-refractivity contribution < 1.29 is 4.79 Å². The van der Waals surface area contributed by atoms with Crippen LogP contribution in [-0.4, -0.2) is 47.6 Å². The molecule has 3 aromatic rings. The number of hydrogen-bond acceptors (Lipinski definition) is 8. The van der Waals surface area contributed by atoms with Gasteiger partial charge in [0.1, 0.15) is 15.5 Å². The van der Waals surface area contributed by atoms with Crippen molar-refractivity contribution in [1.29, 1.82) is 0 Å². The number of thiophene rings is 1. The molecule has 0 bridgehead atoms. The van der Waals surface area contributed by atoms with Crippen molar-refractivity contribution in [1.82, 2.24) is 25.9 Å². The van der Waals surface area contributed by atoms with Crippen molar-refractivity contribution in [3.8, 4) is 10.6 Å². The molecule has 4 atom stereocenters. The van der Waals surface area contributed by atoms with Crippen LogP contribution >= 0.6 is 22.7 Å². The van der Waals surface area contributed by atoms with Gasteiger partial charge in [0.15, 0.2) is 0 Å². The van der Waals surface area contributed by atoms with E-state index in [9.17, 15) is 4.79 Å². The molecule has 7 nitrogen and oxygen atoms in total. The maximum atomic E-state index is 12.9. The van der Waals surface area contributed by atoms with Crippen LogP contribution in [0.1, 0.15) is 36.6 Å². The van der Waals surface area contributed by atoms with E-state index in [4.69, 9.17) is 4.98 Å². The van der Waals surface area contributed by atoms with Crippen LogP contribution in [0.5, 0.6) is 0 Å². The van der Waals surface area contributed by atoms with Crippen LogP contribution in [0.4, 0.5) is 5.00 Å². The van der Waals surface area contributed by atoms with Crippen molar-refractivity contribution in [3.05, 3.63) is 28.9 Å². The number of anilines is 1. The summed E-state index contributed by atoms with van der Waals surface area (Å²) in [5.41, 5.74) is 3.36. The molecule has 1 saturated carbocycles. The van der Waals surface area contributed by atoms with Crippen molar-refractivity contribution in [2.75, 3.05) is 25.0 Å². The molecule has 0 radical (unpaired) electrons. The van der Waals surface area contributed by atoms with Crippen molar-refractivity contribution in [2.45, 2.75) is 51.2 Å². The second-order valence-electron chi connectivity index (χ2n) is 9.66. The first-order chi connectivity index (χ1) is 16.1. The fourth-order valence-corrected chi connectivity index (χ4v) is 7.90. The first-order valence-corrected chi connectivity index (χ1v) is 13.6. The lowest BCUT2D eigenvalue weighted by atomic mass is 9.99. The minimum Gasteiger partial charge on any atom is -0.317 e. The third-order valence-corrected chi connectivity index (χ3v) is 9.51. The van der Waals surface area contributed by atoms with E-state index >= 15 is 0 Å². The topological polar surface area (TPSA) is 91.0 Å². The Balaban J connectivity index is 1.17. The molecule has 0 aromatic carbocycles. The highest BCUT2D eigenvalue weighted by Crippen LogP contribution is 2.45. The lowest BCUT2D eigenvalue weighted by Crippen LogP contribution is -2.32. The standard InChI is InChI=1S/C24H30N6OS2/c1-13-6-17-20(12-28-13)33-24(22(17)23-29-18-11-25-4-2-19(18)32-23)30-21(31)3-5-27-16-7-14-9-26-10-15(14)8-16/h2,4,11,13-16,26-28H,3,5-10,12H2,1H3,(H,30,31)/t13-,14-,15+,16-/m1/s1. The van der Waals surface area contributed by atoms with Gasteiger partial charge >= 0.3 is 0 Å². The summed E-state index contributed by atoms with van der Waals surface area (Å²) in [6.45, 7) is 6.10. The summed E-state index contributed by atoms with van der Waals surface area (Å²) in [7, 11) is 0. The molecule has 4 N–H and O–H groups in total. The summed E-state index contributed by atoms with van der Waals surface area (Å²) in [4.78, 5) is 23.3. The summed E-state index contributed by atoms with van der Waals surface area (Å²) in [5, 5.41) is 15.8. The zero-order chi connectivity index (χ0) is 22.4. The zero-order valence-electron chi connectivity index (χ0n) is 18.8. The molecule has 5 heterocycles. The van der Waals surface area contributed by atoms with E-state index in [1.165, 1.54) is 23.3 Å². The van der Waals surface area contributed by atoms with Gasteiger partial charge in [-0.25, -0.2) is 4.98 Å². The van der Waals surface area contributed by atoms with Crippen molar-refractivity contribution in [2.24, 2.45) is 11.8 Å². The fourth-order valence-electron chi connectivity index (χ4n) is 5.63. The zero-order valence-corrected chi connectivity index (χ0v) is 20.5. The normalized spacial score (nSPS) is 26.5. The van der Waals surface area contributed by atoms with Crippen LogP contribution in [-0.2, 0) is 17.8 Å². The molecule has 6 rings (SSSR count). The molecule has 33 heavy (non-hydrogen) atoms. The Kier molecular flexibility index (Phi) is 5.92. The Bertz CT molecular complexity index is 1130. The molecule has 1 saturated heterocycles. The lowest BCUT2D eigenvalue weighted by Gasteiger charge is -2.20. The Hall–Kier alpha value is -1.91. The molecular formula is C24H30N6OS2. The van der Waals surface area contributed by atoms with E-state index in [1.54, 1.807) is 22.7 Å². The Morgan fingerprint density at radius 1 is 1.24 bits per heavy atom. The van der Waals surface area contributed by atoms with E-state index < -0.39 is 0 Å². The number of thiazole rings is 1. The molecule has 0 unspecified atom stereocenters. The minimum atomic E-state index is 0.0750. The predicted octanol–water partition coefficient (Wildman–Crippen LogP) is 3.37. The van der Waals surface area contributed by atoms with E-state index in [1.807, 2.05) is 18.5 Å². The molecule has 0 spiro atoms. The van der Waals surface area contributed by atoms with Crippen molar-refractivity contribution in [3.63, 3.8) is 0 Å². The quantitative estimate of drug-likeness (QED) is 0.431. The number of fused-ring (bicyclic) bond motifs is 3. The molecule has 1 amide bonds. The average molecular weight is 483 g/mol. The second kappa shape index (κ2) is 9.03. The summed E-state index contributed by atoms with van der Waals surface area (Å²) >= 11 is 3.38. The summed E-state index contributed by atoms with van der Waals surface area (Å²) < 4.78 is 1.12. The maximum Gasteiger partial charge on any atom is 0.226 e. The van der Waals surface area contributed by atoms with Gasteiger partial charge < -0.3 is 21.3 Å². The molecule has 1 aliphatic carbocycles. The van der Waals surface area contributed by atoms with Gasteiger partial charge in [0.2, 0.25) is 5.91 Å². The number of carbonyl (C=O) groups is 1. The Labute approximate surface area is 201 Å². The molecule has 2 aliphatic heterocycles. The molecule has 3 aromatic heterocycles. The Morgan fingerprint density at radius 3 is 2.91 bits per heavy atom. The number of rotatable bonds is 6. The first-order valence-electron chi connectivity index (χ1n) is 12.0. The highest BCUT2D eigenvalue weighted by molar-refractivity contribution is 7.22. The molecular weight excluding hydrogens is 452 g/mol. The smallest absolute Gasteiger partial charge is 0.226 e. The summed E-state index contributed by atoms with van der Waals surface area (Å²) in [5.74, 6) is 1.71. The van der Waals surface area contributed by atoms with E-state index in [0.29, 0.717) is 18.5 Å². The molecule has 3 aliphatic rings. The van der Waals surface area contributed by atoms with Gasteiger partial charge in [0.05, 0.1) is 10.9 Å². The predicted molar refractivity (Wildman–Crippen MR) is 135 cm³/mol. The van der Waals surface area contributed by atoms with Gasteiger partial charge in [0, 0.05) is 48.2 Å². The fraction of sp³-hybridized carbons (Fsp3) is 0.542. The van der Waals surface area contributed by atoms with Crippen LogP contribution in [0.3, 0.4) is 0 Å². The number of pyridine rings is 1. The largest absolute Gasteiger partial charge is 0.317 e. The number of nitrogens with one attached hydrogen (secondary N) is 4. The van der Waals surface area contributed by atoms with Crippen molar-refractivity contribution >= 4 is 43.8 Å². The van der Waals surface area contributed by atoms with Crippen LogP contribution in [0.15, 0.2) is 18.5 Å². The van der Waals surface area contributed by atoms with Gasteiger partial charge in [-0.05, 0) is 62.7 Å². The summed E-state index contributed by atoms with van der Waals surface area (Å²) in [6.07, 6.45) is 7.53. The molecule has 9 heteroatoms. The highest BCUT2D eigenvalue weighted by Gasteiger charge is 2.36. The lowest BCUT2D eigenvalue weighted by molar-refractivity contribution is -0.116. The maximum absolute atomic E-state index is 12.9. The van der Waals surface area contributed by atoms with Crippen LogP contribution in [0, 0.1) is 11.8 Å². The van der Waals surface area contributed by atoms with Gasteiger partial charge in [-0.1, -0.05) is 0 Å².